The summed E-state index contributed by atoms with van der Waals surface area (Å²) in [5.74, 6) is 5.00. The summed E-state index contributed by atoms with van der Waals surface area (Å²) in [4.78, 5) is 12.8. The van der Waals surface area contributed by atoms with Crippen LogP contribution in [0.2, 0.25) is 0 Å². The summed E-state index contributed by atoms with van der Waals surface area (Å²) in [7, 11) is 0. The van der Waals surface area contributed by atoms with Crippen LogP contribution in [0.1, 0.15) is 6.92 Å². The van der Waals surface area contributed by atoms with E-state index >= 15 is 0 Å². The van der Waals surface area contributed by atoms with Gasteiger partial charge in [0.2, 0.25) is 5.91 Å². The number of carbonyl (C=O) groups excluding carboxylic acids is 1. The Morgan fingerprint density at radius 2 is 2.00 bits per heavy atom. The number of nitrogens with one attached hydrogen (secondary N) is 1. The zero-order chi connectivity index (χ0) is 12.7. The van der Waals surface area contributed by atoms with Crippen molar-refractivity contribution in [1.82, 2.24) is 0 Å². The number of hydrogen-bond acceptors (Lipinski definition) is 2. The van der Waals surface area contributed by atoms with Gasteiger partial charge in [-0.1, -0.05) is 17.9 Å². The van der Waals surface area contributed by atoms with Gasteiger partial charge in [0.15, 0.2) is 0 Å². The predicted octanol–water partition coefficient (Wildman–Crippen LogP) is 1.72. The third-order valence-electron chi connectivity index (χ3n) is 2.10. The number of anilines is 2. The van der Waals surface area contributed by atoms with Crippen molar-refractivity contribution in [2.24, 2.45) is 0 Å². The molecule has 1 N–H and O–H groups in total. The molecular formula is C14H14N2O. The van der Waals surface area contributed by atoms with E-state index in [4.69, 9.17) is 12.8 Å². The summed E-state index contributed by atoms with van der Waals surface area (Å²) >= 11 is 0. The SMILES string of the molecule is C#CCN(CC#C)c1cccc(NC(C)=O)c1. The standard InChI is InChI=1S/C14H14N2O/c1-4-9-16(10-5-2)14-8-6-7-13(11-14)15-12(3)17/h1-2,6-8,11H,9-10H2,3H3,(H,15,17). The predicted molar refractivity (Wildman–Crippen MR) is 70.6 cm³/mol. The summed E-state index contributed by atoms with van der Waals surface area (Å²) in [5.41, 5.74) is 1.63. The van der Waals surface area contributed by atoms with Gasteiger partial charge in [-0.2, -0.15) is 0 Å². The maximum absolute atomic E-state index is 11.0. The number of nitrogens with zero attached hydrogens (tertiary/aromatic N) is 1. The van der Waals surface area contributed by atoms with Crippen molar-refractivity contribution in [1.29, 1.82) is 0 Å². The smallest absolute Gasteiger partial charge is 0.221 e. The van der Waals surface area contributed by atoms with Crippen LogP contribution in [0.15, 0.2) is 24.3 Å². The Balaban J connectivity index is 2.92. The Kier molecular flexibility index (Phi) is 4.66. The maximum Gasteiger partial charge on any atom is 0.221 e. The molecule has 1 aromatic carbocycles. The van der Waals surface area contributed by atoms with E-state index in [1.165, 1.54) is 6.92 Å². The first kappa shape index (κ1) is 12.7. The van der Waals surface area contributed by atoms with E-state index < -0.39 is 0 Å². The van der Waals surface area contributed by atoms with E-state index in [-0.39, 0.29) is 5.91 Å². The van der Waals surface area contributed by atoms with E-state index in [0.717, 1.165) is 11.4 Å². The second-order valence-electron chi connectivity index (χ2n) is 3.50. The van der Waals surface area contributed by atoms with Gasteiger partial charge < -0.3 is 10.2 Å². The normalized spacial score (nSPS) is 8.88. The first-order valence-corrected chi connectivity index (χ1v) is 5.17. The molecule has 0 unspecified atom stereocenters. The Labute approximate surface area is 102 Å². The molecule has 1 rings (SSSR count). The van der Waals surface area contributed by atoms with Crippen molar-refractivity contribution in [3.05, 3.63) is 24.3 Å². The quantitative estimate of drug-likeness (QED) is 0.793. The minimum atomic E-state index is -0.109. The highest BCUT2D eigenvalue weighted by molar-refractivity contribution is 5.89. The first-order chi connectivity index (χ1) is 8.17. The van der Waals surface area contributed by atoms with Crippen LogP contribution >= 0.6 is 0 Å². The summed E-state index contributed by atoms with van der Waals surface area (Å²) in [6.45, 7) is 2.34. The fraction of sp³-hybridized carbons (Fsp3) is 0.214. The molecule has 0 aliphatic carbocycles. The minimum absolute atomic E-state index is 0.109. The average molecular weight is 226 g/mol. The topological polar surface area (TPSA) is 32.3 Å². The molecule has 0 radical (unpaired) electrons. The second kappa shape index (κ2) is 6.25. The molecule has 0 bridgehead atoms. The molecule has 0 aliphatic heterocycles. The van der Waals surface area contributed by atoms with Crippen LogP contribution in [0.4, 0.5) is 11.4 Å². The molecule has 0 fully saturated rings. The zero-order valence-corrected chi connectivity index (χ0v) is 9.73. The highest BCUT2D eigenvalue weighted by atomic mass is 16.1. The molecule has 0 aromatic heterocycles. The fourth-order valence-corrected chi connectivity index (χ4v) is 1.44. The summed E-state index contributed by atoms with van der Waals surface area (Å²) < 4.78 is 0. The third kappa shape index (κ3) is 3.93. The van der Waals surface area contributed by atoms with E-state index in [0.29, 0.717) is 13.1 Å². The third-order valence-corrected chi connectivity index (χ3v) is 2.10. The van der Waals surface area contributed by atoms with E-state index in [1.807, 2.05) is 29.2 Å². The van der Waals surface area contributed by atoms with Gasteiger partial charge >= 0.3 is 0 Å². The Hall–Kier alpha value is -2.39. The molecule has 0 saturated heterocycles. The highest BCUT2D eigenvalue weighted by Gasteiger charge is 2.04. The average Bonchev–Trinajstić information content (AvgIpc) is 2.28. The fourth-order valence-electron chi connectivity index (χ4n) is 1.44. The Morgan fingerprint density at radius 1 is 1.35 bits per heavy atom. The summed E-state index contributed by atoms with van der Waals surface area (Å²) in [6.07, 6.45) is 10.6. The van der Waals surface area contributed by atoms with Gasteiger partial charge in [-0.25, -0.2) is 0 Å². The van der Waals surface area contributed by atoms with Gasteiger partial charge in [0.05, 0.1) is 13.1 Å². The first-order valence-electron chi connectivity index (χ1n) is 5.17. The van der Waals surface area contributed by atoms with Crippen LogP contribution in [-0.2, 0) is 4.79 Å². The van der Waals surface area contributed by atoms with Gasteiger partial charge in [-0.3, -0.25) is 4.79 Å². The van der Waals surface area contributed by atoms with E-state index in [9.17, 15) is 4.79 Å². The Bertz CT molecular complexity index is 464. The molecule has 1 aromatic rings. The van der Waals surface area contributed by atoms with Crippen LogP contribution < -0.4 is 10.2 Å². The molecular weight excluding hydrogens is 212 g/mol. The Morgan fingerprint density at radius 3 is 2.53 bits per heavy atom. The lowest BCUT2D eigenvalue weighted by Gasteiger charge is -2.20. The van der Waals surface area contributed by atoms with Gasteiger partial charge in [0.1, 0.15) is 0 Å². The molecule has 0 heterocycles. The number of hydrogen-bond donors (Lipinski definition) is 1. The van der Waals surface area contributed by atoms with E-state index in [1.54, 1.807) is 0 Å². The molecule has 0 atom stereocenters. The lowest BCUT2D eigenvalue weighted by Crippen LogP contribution is -2.23. The molecule has 3 heteroatoms. The van der Waals surface area contributed by atoms with Crippen molar-refractivity contribution in [2.45, 2.75) is 6.92 Å². The van der Waals surface area contributed by atoms with Crippen LogP contribution in [0, 0.1) is 24.7 Å². The number of benzene rings is 1. The van der Waals surface area contributed by atoms with Gasteiger partial charge in [0, 0.05) is 18.3 Å². The van der Waals surface area contributed by atoms with Crippen LogP contribution in [-0.4, -0.2) is 19.0 Å². The lowest BCUT2D eigenvalue weighted by molar-refractivity contribution is -0.114. The zero-order valence-electron chi connectivity index (χ0n) is 9.73. The molecule has 17 heavy (non-hydrogen) atoms. The molecule has 3 nitrogen and oxygen atoms in total. The van der Waals surface area contributed by atoms with Gasteiger partial charge in [-0.15, -0.1) is 12.8 Å². The van der Waals surface area contributed by atoms with Gasteiger partial charge in [-0.05, 0) is 18.2 Å². The second-order valence-corrected chi connectivity index (χ2v) is 3.50. The number of amides is 1. The summed E-state index contributed by atoms with van der Waals surface area (Å²) in [6, 6.07) is 7.41. The molecule has 86 valence electrons. The lowest BCUT2D eigenvalue weighted by atomic mass is 10.2. The van der Waals surface area contributed by atoms with Gasteiger partial charge in [0.25, 0.3) is 0 Å². The number of carbonyl (C=O) groups is 1. The number of rotatable bonds is 4. The highest BCUT2D eigenvalue weighted by Crippen LogP contribution is 2.19. The van der Waals surface area contributed by atoms with Crippen molar-refractivity contribution in [2.75, 3.05) is 23.3 Å². The van der Waals surface area contributed by atoms with Crippen molar-refractivity contribution in [3.8, 4) is 24.7 Å². The van der Waals surface area contributed by atoms with E-state index in [2.05, 4.69) is 17.2 Å². The molecule has 0 saturated carbocycles. The molecule has 0 spiro atoms. The van der Waals surface area contributed by atoms with Crippen LogP contribution in [0.25, 0.3) is 0 Å². The van der Waals surface area contributed by atoms with Crippen molar-refractivity contribution in [3.63, 3.8) is 0 Å². The van der Waals surface area contributed by atoms with Crippen LogP contribution in [0.3, 0.4) is 0 Å². The molecule has 1 amide bonds. The molecule has 0 aliphatic rings. The minimum Gasteiger partial charge on any atom is -0.349 e. The number of terminal acetylenes is 2. The summed E-state index contributed by atoms with van der Waals surface area (Å²) in [5, 5.41) is 2.72. The monoisotopic (exact) mass is 226 g/mol. The van der Waals surface area contributed by atoms with Crippen LogP contribution in [0.5, 0.6) is 0 Å². The van der Waals surface area contributed by atoms with Crippen molar-refractivity contribution < 1.29 is 4.79 Å². The largest absolute Gasteiger partial charge is 0.349 e. The maximum atomic E-state index is 11.0. The van der Waals surface area contributed by atoms with Crippen molar-refractivity contribution >= 4 is 17.3 Å².